The number of halogens is 2. The molecule has 22 heavy (non-hydrogen) atoms. The van der Waals surface area contributed by atoms with Crippen molar-refractivity contribution in [1.82, 2.24) is 5.32 Å². The highest BCUT2D eigenvalue weighted by molar-refractivity contribution is 6.30. The van der Waals surface area contributed by atoms with Gasteiger partial charge in [0.1, 0.15) is 29.7 Å². The summed E-state index contributed by atoms with van der Waals surface area (Å²) in [6, 6.07) is 14.7. The molecule has 0 saturated carbocycles. The third kappa shape index (κ3) is 4.55. The summed E-state index contributed by atoms with van der Waals surface area (Å²) in [4.78, 5) is 4.28. The lowest BCUT2D eigenvalue weighted by atomic mass is 10.3. The van der Waals surface area contributed by atoms with E-state index in [4.69, 9.17) is 21.1 Å². The Bertz CT molecular complexity index is 628. The lowest BCUT2D eigenvalue weighted by molar-refractivity contribution is 0.372. The second kappa shape index (κ2) is 7.92. The number of ether oxygens (including phenoxy) is 2. The van der Waals surface area contributed by atoms with Crippen molar-refractivity contribution < 1.29 is 9.47 Å². The predicted molar refractivity (Wildman–Crippen MR) is 91.0 cm³/mol. The highest BCUT2D eigenvalue weighted by atomic mass is 35.5. The summed E-state index contributed by atoms with van der Waals surface area (Å²) in [6.45, 7) is 2.19. The van der Waals surface area contributed by atoms with Crippen molar-refractivity contribution >= 4 is 29.8 Å². The first-order chi connectivity index (χ1) is 10.3. The smallest absolute Gasteiger partial charge is 0.145 e. The van der Waals surface area contributed by atoms with Crippen LogP contribution in [0.5, 0.6) is 17.2 Å². The number of benzene rings is 2. The molecule has 4 nitrogen and oxygen atoms in total. The molecule has 0 radical (unpaired) electrons. The average Bonchev–Trinajstić information content (AvgIpc) is 3.02. The van der Waals surface area contributed by atoms with Gasteiger partial charge in [0.2, 0.25) is 0 Å². The standard InChI is InChI=1S/C16H15ClN2O2.ClH/c17-12-1-3-14(4-2-12)21-15-7-5-13(6-8-15)20-11-16-18-9-10-19-16;/h1-8H,9-11H2,(H,18,19);1H. The molecular formula is C16H16Cl2N2O2. The van der Waals surface area contributed by atoms with Gasteiger partial charge in [-0.05, 0) is 48.5 Å². The number of amidine groups is 1. The number of aliphatic imine (C=N–C) groups is 1. The Morgan fingerprint density at radius 2 is 1.55 bits per heavy atom. The second-order valence-corrected chi connectivity index (χ2v) is 5.01. The Morgan fingerprint density at radius 1 is 0.955 bits per heavy atom. The van der Waals surface area contributed by atoms with E-state index in [0.29, 0.717) is 11.6 Å². The Balaban J connectivity index is 0.00000176. The molecule has 0 aliphatic carbocycles. The van der Waals surface area contributed by atoms with Crippen LogP contribution in [0.3, 0.4) is 0 Å². The highest BCUT2D eigenvalue weighted by Gasteiger charge is 2.05. The monoisotopic (exact) mass is 338 g/mol. The van der Waals surface area contributed by atoms with Crippen LogP contribution in [0.4, 0.5) is 0 Å². The van der Waals surface area contributed by atoms with Gasteiger partial charge in [-0.3, -0.25) is 4.99 Å². The fraction of sp³-hybridized carbons (Fsp3) is 0.188. The quantitative estimate of drug-likeness (QED) is 0.897. The van der Waals surface area contributed by atoms with E-state index in [2.05, 4.69) is 10.3 Å². The minimum atomic E-state index is 0. The van der Waals surface area contributed by atoms with Gasteiger partial charge in [0, 0.05) is 11.6 Å². The van der Waals surface area contributed by atoms with E-state index in [0.717, 1.165) is 36.2 Å². The Kier molecular flexibility index (Phi) is 5.92. The average molecular weight is 339 g/mol. The number of hydrogen-bond donors (Lipinski definition) is 1. The molecule has 6 heteroatoms. The van der Waals surface area contributed by atoms with Gasteiger partial charge in [0.05, 0.1) is 6.54 Å². The van der Waals surface area contributed by atoms with E-state index in [9.17, 15) is 0 Å². The molecule has 1 aliphatic heterocycles. The van der Waals surface area contributed by atoms with Gasteiger partial charge in [0.15, 0.2) is 0 Å². The van der Waals surface area contributed by atoms with Crippen molar-refractivity contribution in [2.75, 3.05) is 19.7 Å². The predicted octanol–water partition coefficient (Wildman–Crippen LogP) is 3.93. The van der Waals surface area contributed by atoms with Crippen molar-refractivity contribution in [3.8, 4) is 17.2 Å². The van der Waals surface area contributed by atoms with Gasteiger partial charge in [-0.1, -0.05) is 11.6 Å². The number of nitrogens with one attached hydrogen (secondary N) is 1. The topological polar surface area (TPSA) is 42.9 Å². The molecule has 1 N–H and O–H groups in total. The van der Waals surface area contributed by atoms with Crippen molar-refractivity contribution in [3.63, 3.8) is 0 Å². The van der Waals surface area contributed by atoms with Gasteiger partial charge in [-0.15, -0.1) is 12.4 Å². The Labute approximate surface area is 140 Å². The Morgan fingerprint density at radius 3 is 2.14 bits per heavy atom. The molecule has 0 spiro atoms. The number of nitrogens with zero attached hydrogens (tertiary/aromatic N) is 1. The molecule has 2 aromatic carbocycles. The number of hydrogen-bond acceptors (Lipinski definition) is 4. The Hall–Kier alpha value is -1.91. The highest BCUT2D eigenvalue weighted by Crippen LogP contribution is 2.25. The molecule has 1 aliphatic rings. The molecule has 0 amide bonds. The van der Waals surface area contributed by atoms with Crippen LogP contribution in [0.25, 0.3) is 0 Å². The second-order valence-electron chi connectivity index (χ2n) is 4.57. The van der Waals surface area contributed by atoms with Crippen LogP contribution in [0.2, 0.25) is 5.02 Å². The van der Waals surface area contributed by atoms with Crippen LogP contribution in [0, 0.1) is 0 Å². The first-order valence-corrected chi connectivity index (χ1v) is 7.11. The van der Waals surface area contributed by atoms with E-state index >= 15 is 0 Å². The zero-order chi connectivity index (χ0) is 14.5. The molecule has 0 saturated heterocycles. The minimum Gasteiger partial charge on any atom is -0.486 e. The van der Waals surface area contributed by atoms with Crippen LogP contribution >= 0.6 is 24.0 Å². The van der Waals surface area contributed by atoms with Gasteiger partial charge < -0.3 is 14.8 Å². The fourth-order valence-electron chi connectivity index (χ4n) is 1.94. The van der Waals surface area contributed by atoms with Crippen molar-refractivity contribution in [3.05, 3.63) is 53.6 Å². The summed E-state index contributed by atoms with van der Waals surface area (Å²) < 4.78 is 11.4. The van der Waals surface area contributed by atoms with E-state index in [1.54, 1.807) is 12.1 Å². The first-order valence-electron chi connectivity index (χ1n) is 6.73. The van der Waals surface area contributed by atoms with Crippen LogP contribution < -0.4 is 14.8 Å². The number of rotatable bonds is 5. The summed E-state index contributed by atoms with van der Waals surface area (Å²) in [6.07, 6.45) is 0. The van der Waals surface area contributed by atoms with E-state index in [1.807, 2.05) is 36.4 Å². The molecule has 0 bridgehead atoms. The summed E-state index contributed by atoms with van der Waals surface area (Å²) in [5.41, 5.74) is 0. The zero-order valence-electron chi connectivity index (χ0n) is 11.8. The van der Waals surface area contributed by atoms with E-state index < -0.39 is 0 Å². The molecular weight excluding hydrogens is 323 g/mol. The molecule has 0 atom stereocenters. The normalized spacial score (nSPS) is 12.9. The third-order valence-electron chi connectivity index (χ3n) is 2.99. The van der Waals surface area contributed by atoms with Gasteiger partial charge in [-0.2, -0.15) is 0 Å². The lowest BCUT2D eigenvalue weighted by Gasteiger charge is -2.09. The van der Waals surface area contributed by atoms with Gasteiger partial charge in [0.25, 0.3) is 0 Å². The van der Waals surface area contributed by atoms with E-state index in [1.165, 1.54) is 0 Å². The molecule has 3 rings (SSSR count). The van der Waals surface area contributed by atoms with Crippen molar-refractivity contribution in [1.29, 1.82) is 0 Å². The third-order valence-corrected chi connectivity index (χ3v) is 3.24. The fourth-order valence-corrected chi connectivity index (χ4v) is 2.06. The zero-order valence-corrected chi connectivity index (χ0v) is 13.4. The maximum absolute atomic E-state index is 5.84. The lowest BCUT2D eigenvalue weighted by Crippen LogP contribution is -2.24. The summed E-state index contributed by atoms with van der Waals surface area (Å²) >= 11 is 5.84. The van der Waals surface area contributed by atoms with Crippen LogP contribution in [0.1, 0.15) is 0 Å². The van der Waals surface area contributed by atoms with Crippen LogP contribution in [-0.2, 0) is 0 Å². The largest absolute Gasteiger partial charge is 0.486 e. The van der Waals surface area contributed by atoms with Crippen molar-refractivity contribution in [2.24, 2.45) is 4.99 Å². The summed E-state index contributed by atoms with van der Waals surface area (Å²) in [5, 5.41) is 3.85. The van der Waals surface area contributed by atoms with Crippen LogP contribution in [-0.4, -0.2) is 25.5 Å². The molecule has 0 fully saturated rings. The molecule has 116 valence electrons. The SMILES string of the molecule is Cl.Clc1ccc(Oc2ccc(OCC3=NCCN3)cc2)cc1. The minimum absolute atomic E-state index is 0. The molecule has 0 unspecified atom stereocenters. The van der Waals surface area contributed by atoms with Crippen LogP contribution in [0.15, 0.2) is 53.5 Å². The maximum atomic E-state index is 5.84. The van der Waals surface area contributed by atoms with Gasteiger partial charge in [-0.25, -0.2) is 0 Å². The summed E-state index contributed by atoms with van der Waals surface area (Å²) in [7, 11) is 0. The maximum Gasteiger partial charge on any atom is 0.145 e. The summed E-state index contributed by atoms with van der Waals surface area (Å²) in [5.74, 6) is 3.19. The molecule has 0 aromatic heterocycles. The van der Waals surface area contributed by atoms with E-state index in [-0.39, 0.29) is 12.4 Å². The molecule has 2 aromatic rings. The molecule has 1 heterocycles. The van der Waals surface area contributed by atoms with Gasteiger partial charge >= 0.3 is 0 Å². The van der Waals surface area contributed by atoms with Crippen molar-refractivity contribution in [2.45, 2.75) is 0 Å². The first kappa shape index (κ1) is 16.5.